The van der Waals surface area contributed by atoms with Crippen LogP contribution in [0.4, 0.5) is 0 Å². The monoisotopic (exact) mass is 162 g/mol. The molecular weight excluding hydrogens is 144 g/mol. The molecule has 0 fully saturated rings. The highest BCUT2D eigenvalue weighted by Gasteiger charge is 1.97. The van der Waals surface area contributed by atoms with Crippen molar-refractivity contribution in [2.45, 2.75) is 38.9 Å². The Balaban J connectivity index is 2.91. The zero-order valence-corrected chi connectivity index (χ0v) is 7.29. The normalized spacial score (nSPS) is 16.4. The smallest absolute Gasteiger partial charge is 0.0534 e. The third-order valence-electron chi connectivity index (χ3n) is 1.36. The van der Waals surface area contributed by atoms with Crippen molar-refractivity contribution in [3.8, 4) is 0 Å². The Hall–Kier alpha value is -0.120. The molecule has 0 amide bonds. The van der Waals surface area contributed by atoms with E-state index in [1.54, 1.807) is 13.8 Å². The van der Waals surface area contributed by atoms with Crippen LogP contribution in [-0.2, 0) is 4.74 Å². The van der Waals surface area contributed by atoms with E-state index < -0.39 is 0 Å². The molecule has 0 radical (unpaired) electrons. The Kier molecular flexibility index (Phi) is 6.51. The summed E-state index contributed by atoms with van der Waals surface area (Å²) in [7, 11) is 0. The molecule has 2 atom stereocenters. The van der Waals surface area contributed by atoms with Crippen LogP contribution in [0.2, 0.25) is 0 Å². The van der Waals surface area contributed by atoms with E-state index in [1.807, 2.05) is 0 Å². The molecule has 68 valence electrons. The first-order chi connectivity index (χ1) is 5.13. The summed E-state index contributed by atoms with van der Waals surface area (Å²) in [6.07, 6.45) is 0.752. The van der Waals surface area contributed by atoms with Gasteiger partial charge in [0.2, 0.25) is 0 Å². The number of hydrogen-bond donors (Lipinski definition) is 2. The molecule has 3 nitrogen and oxygen atoms in total. The second-order valence-electron chi connectivity index (χ2n) is 2.89. The van der Waals surface area contributed by atoms with E-state index >= 15 is 0 Å². The zero-order valence-electron chi connectivity index (χ0n) is 7.29. The lowest BCUT2D eigenvalue weighted by atomic mass is 10.3. The summed E-state index contributed by atoms with van der Waals surface area (Å²) in [6, 6.07) is 0. The Morgan fingerprint density at radius 2 is 1.36 bits per heavy atom. The van der Waals surface area contributed by atoms with Gasteiger partial charge in [-0.05, 0) is 26.7 Å². The Morgan fingerprint density at radius 3 is 1.64 bits per heavy atom. The first kappa shape index (κ1) is 10.9. The van der Waals surface area contributed by atoms with Crippen LogP contribution >= 0.6 is 0 Å². The van der Waals surface area contributed by atoms with E-state index in [2.05, 4.69) is 0 Å². The summed E-state index contributed by atoms with van der Waals surface area (Å²) in [5, 5.41) is 17.7. The van der Waals surface area contributed by atoms with Gasteiger partial charge in [-0.15, -0.1) is 0 Å². The number of aliphatic hydroxyl groups is 2. The average molecular weight is 162 g/mol. The first-order valence-electron chi connectivity index (χ1n) is 4.06. The highest BCUT2D eigenvalue weighted by Crippen LogP contribution is 1.93. The number of ether oxygens (including phenoxy) is 1. The van der Waals surface area contributed by atoms with Crippen molar-refractivity contribution in [1.29, 1.82) is 0 Å². The van der Waals surface area contributed by atoms with Crippen molar-refractivity contribution in [3.05, 3.63) is 0 Å². The minimum atomic E-state index is -0.290. The predicted molar refractivity (Wildman–Crippen MR) is 43.4 cm³/mol. The summed E-state index contributed by atoms with van der Waals surface area (Å²) >= 11 is 0. The first-order valence-corrected chi connectivity index (χ1v) is 4.06. The minimum absolute atomic E-state index is 0.290. The quantitative estimate of drug-likeness (QED) is 0.561. The van der Waals surface area contributed by atoms with Gasteiger partial charge < -0.3 is 14.9 Å². The Morgan fingerprint density at radius 1 is 1.00 bits per heavy atom. The molecule has 2 N–H and O–H groups in total. The van der Waals surface area contributed by atoms with Crippen molar-refractivity contribution < 1.29 is 14.9 Å². The molecule has 0 bridgehead atoms. The number of hydrogen-bond acceptors (Lipinski definition) is 3. The van der Waals surface area contributed by atoms with Gasteiger partial charge in [0, 0.05) is 13.2 Å². The maximum Gasteiger partial charge on any atom is 0.0534 e. The molecule has 1 unspecified atom stereocenters. The second-order valence-corrected chi connectivity index (χ2v) is 2.89. The molecule has 0 spiro atoms. The SMILES string of the molecule is CC(O)CCOCC[C@@H](C)O. The van der Waals surface area contributed by atoms with E-state index in [9.17, 15) is 0 Å². The third kappa shape index (κ3) is 9.88. The fourth-order valence-corrected chi connectivity index (χ4v) is 0.610. The van der Waals surface area contributed by atoms with E-state index in [0.717, 1.165) is 0 Å². The van der Waals surface area contributed by atoms with Gasteiger partial charge in [0.25, 0.3) is 0 Å². The van der Waals surface area contributed by atoms with Crippen molar-refractivity contribution >= 4 is 0 Å². The molecular formula is C8H18O3. The lowest BCUT2D eigenvalue weighted by Crippen LogP contribution is -2.09. The lowest BCUT2D eigenvalue weighted by Gasteiger charge is -2.06. The van der Waals surface area contributed by atoms with Crippen LogP contribution in [0.1, 0.15) is 26.7 Å². The highest BCUT2D eigenvalue weighted by molar-refractivity contribution is 4.47. The van der Waals surface area contributed by atoms with Crippen LogP contribution in [0.25, 0.3) is 0 Å². The Labute approximate surface area is 68.0 Å². The van der Waals surface area contributed by atoms with Crippen LogP contribution in [0.3, 0.4) is 0 Å². The average Bonchev–Trinajstić information content (AvgIpc) is 1.85. The van der Waals surface area contributed by atoms with Crippen molar-refractivity contribution in [3.63, 3.8) is 0 Å². The largest absolute Gasteiger partial charge is 0.393 e. The molecule has 0 aromatic rings. The van der Waals surface area contributed by atoms with Gasteiger partial charge in [-0.2, -0.15) is 0 Å². The summed E-state index contributed by atoms with van der Waals surface area (Å²) < 4.78 is 5.14. The van der Waals surface area contributed by atoms with Crippen LogP contribution in [0, 0.1) is 0 Å². The van der Waals surface area contributed by atoms with Gasteiger partial charge in [-0.25, -0.2) is 0 Å². The molecule has 0 saturated heterocycles. The molecule has 0 aromatic heterocycles. The molecule has 0 rings (SSSR count). The standard InChI is InChI=1S/C8H18O3/c1-7(9)3-5-11-6-4-8(2)10/h7-10H,3-6H2,1-2H3/t7-,8?/m1/s1. The highest BCUT2D eigenvalue weighted by atomic mass is 16.5. The van der Waals surface area contributed by atoms with E-state index in [4.69, 9.17) is 14.9 Å². The minimum Gasteiger partial charge on any atom is -0.393 e. The second kappa shape index (κ2) is 6.58. The molecule has 0 aromatic carbocycles. The van der Waals surface area contributed by atoms with Gasteiger partial charge in [0.1, 0.15) is 0 Å². The van der Waals surface area contributed by atoms with E-state index in [0.29, 0.717) is 26.1 Å². The maximum absolute atomic E-state index is 8.83. The van der Waals surface area contributed by atoms with Gasteiger partial charge in [0.15, 0.2) is 0 Å². The molecule has 11 heavy (non-hydrogen) atoms. The van der Waals surface area contributed by atoms with Crippen molar-refractivity contribution in [2.24, 2.45) is 0 Å². The molecule has 0 heterocycles. The molecule has 0 aliphatic carbocycles. The fourth-order valence-electron chi connectivity index (χ4n) is 0.610. The maximum atomic E-state index is 8.83. The van der Waals surface area contributed by atoms with Crippen LogP contribution in [0.15, 0.2) is 0 Å². The Bertz CT molecular complexity index is 71.4. The topological polar surface area (TPSA) is 49.7 Å². The van der Waals surface area contributed by atoms with Gasteiger partial charge in [-0.1, -0.05) is 0 Å². The van der Waals surface area contributed by atoms with Crippen LogP contribution in [0.5, 0.6) is 0 Å². The molecule has 0 aliphatic rings. The van der Waals surface area contributed by atoms with Gasteiger partial charge in [-0.3, -0.25) is 0 Å². The lowest BCUT2D eigenvalue weighted by molar-refractivity contribution is 0.0659. The van der Waals surface area contributed by atoms with Crippen molar-refractivity contribution in [2.75, 3.05) is 13.2 Å². The van der Waals surface area contributed by atoms with E-state index in [-0.39, 0.29) is 12.2 Å². The number of rotatable bonds is 6. The summed E-state index contributed by atoms with van der Waals surface area (Å²) in [6.45, 7) is 4.62. The molecule has 0 saturated carbocycles. The summed E-state index contributed by atoms with van der Waals surface area (Å²) in [4.78, 5) is 0. The summed E-state index contributed by atoms with van der Waals surface area (Å²) in [5.41, 5.74) is 0. The third-order valence-corrected chi connectivity index (χ3v) is 1.36. The molecule has 0 aliphatic heterocycles. The number of aliphatic hydroxyl groups excluding tert-OH is 2. The van der Waals surface area contributed by atoms with Crippen LogP contribution < -0.4 is 0 Å². The van der Waals surface area contributed by atoms with Gasteiger partial charge >= 0.3 is 0 Å². The predicted octanol–water partition coefficient (Wildman–Crippen LogP) is 0.545. The van der Waals surface area contributed by atoms with E-state index in [1.165, 1.54) is 0 Å². The van der Waals surface area contributed by atoms with Gasteiger partial charge in [0.05, 0.1) is 12.2 Å². The molecule has 3 heteroatoms. The fraction of sp³-hybridized carbons (Fsp3) is 1.00. The zero-order chi connectivity index (χ0) is 8.69. The van der Waals surface area contributed by atoms with Crippen LogP contribution in [-0.4, -0.2) is 35.6 Å². The van der Waals surface area contributed by atoms with Crippen molar-refractivity contribution in [1.82, 2.24) is 0 Å². The summed E-state index contributed by atoms with van der Waals surface area (Å²) in [5.74, 6) is 0.